The van der Waals surface area contributed by atoms with Crippen LogP contribution in [0, 0.1) is 24.0 Å². The van der Waals surface area contributed by atoms with E-state index in [1.54, 1.807) is 18.7 Å². The fourth-order valence-corrected chi connectivity index (χ4v) is 3.22. The van der Waals surface area contributed by atoms with E-state index in [-0.39, 0.29) is 18.1 Å². The zero-order chi connectivity index (χ0) is 17.9. The highest BCUT2D eigenvalue weighted by Crippen LogP contribution is 2.40. The molecule has 0 radical (unpaired) electrons. The molecular formula is C14H17ClN4O4S. The molecule has 1 N–H and O–H groups in total. The number of anilines is 2. The Kier molecular flexibility index (Phi) is 5.92. The van der Waals surface area contributed by atoms with Gasteiger partial charge in [-0.25, -0.2) is 4.98 Å². The molecule has 2 heterocycles. The predicted molar refractivity (Wildman–Crippen MR) is 92.8 cm³/mol. The van der Waals surface area contributed by atoms with Crippen LogP contribution in [0.4, 0.5) is 16.5 Å². The lowest BCUT2D eigenvalue weighted by atomic mass is 10.1. The molecule has 0 bridgehead atoms. The summed E-state index contributed by atoms with van der Waals surface area (Å²) < 4.78 is 5.57. The lowest BCUT2D eigenvalue weighted by Gasteiger charge is -2.23. The Bertz CT molecular complexity index is 753. The van der Waals surface area contributed by atoms with Gasteiger partial charge in [-0.15, -0.1) is 0 Å². The number of hydrogen-bond donors (Lipinski definition) is 1. The van der Waals surface area contributed by atoms with Gasteiger partial charge in [-0.05, 0) is 20.3 Å². The number of ether oxygens (including phenoxy) is 1. The second-order valence-corrected chi connectivity index (χ2v) is 6.57. The molecule has 0 aliphatic carbocycles. The highest BCUT2D eigenvalue weighted by atomic mass is 35.5. The number of aromatic nitrogens is 2. The molecule has 0 saturated carbocycles. The normalized spacial score (nSPS) is 10.7. The zero-order valence-electron chi connectivity index (χ0n) is 13.4. The summed E-state index contributed by atoms with van der Waals surface area (Å²) in [5.74, 6) is 0.464. The van der Waals surface area contributed by atoms with Crippen LogP contribution in [0.15, 0.2) is 6.20 Å². The lowest BCUT2D eigenvalue weighted by Crippen LogP contribution is -2.22. The Morgan fingerprint density at radius 2 is 2.17 bits per heavy atom. The van der Waals surface area contributed by atoms with E-state index in [9.17, 15) is 10.1 Å². The van der Waals surface area contributed by atoms with E-state index >= 15 is 0 Å². The van der Waals surface area contributed by atoms with Crippen LogP contribution in [-0.4, -0.2) is 40.3 Å². The molecule has 10 heteroatoms. The molecule has 24 heavy (non-hydrogen) atoms. The van der Waals surface area contributed by atoms with Crippen molar-refractivity contribution < 1.29 is 14.8 Å². The largest absolute Gasteiger partial charge is 0.481 e. The van der Waals surface area contributed by atoms with Crippen LogP contribution in [0.2, 0.25) is 4.47 Å². The summed E-state index contributed by atoms with van der Waals surface area (Å²) in [6, 6.07) is 0. The van der Waals surface area contributed by atoms with Gasteiger partial charge in [0.15, 0.2) is 4.47 Å². The molecule has 0 amide bonds. The first-order chi connectivity index (χ1) is 11.4. The molecule has 0 aliphatic rings. The summed E-state index contributed by atoms with van der Waals surface area (Å²) in [4.78, 5) is 21.1. The van der Waals surface area contributed by atoms with Crippen LogP contribution in [0.3, 0.4) is 0 Å². The summed E-state index contributed by atoms with van der Waals surface area (Å²) in [5, 5.41) is 21.4. The van der Waals surface area contributed by atoms with E-state index < -0.39 is 4.92 Å². The number of pyridine rings is 1. The van der Waals surface area contributed by atoms with Crippen LogP contribution >= 0.6 is 22.9 Å². The Labute approximate surface area is 147 Å². The first-order valence-corrected chi connectivity index (χ1v) is 8.29. The van der Waals surface area contributed by atoms with Crippen LogP contribution in [-0.2, 0) is 0 Å². The van der Waals surface area contributed by atoms with Gasteiger partial charge in [0, 0.05) is 24.3 Å². The van der Waals surface area contributed by atoms with Gasteiger partial charge in [-0.3, -0.25) is 10.1 Å². The number of thiazole rings is 1. The van der Waals surface area contributed by atoms with Gasteiger partial charge in [0.2, 0.25) is 11.7 Å². The van der Waals surface area contributed by atoms with Crippen LogP contribution in [0.25, 0.3) is 0 Å². The number of aliphatic hydroxyl groups excluding tert-OH is 1. The Hall–Kier alpha value is -1.97. The van der Waals surface area contributed by atoms with Crippen molar-refractivity contribution in [3.8, 4) is 5.88 Å². The minimum absolute atomic E-state index is 0.0567. The third-order valence-electron chi connectivity index (χ3n) is 3.56. The van der Waals surface area contributed by atoms with Crippen molar-refractivity contribution in [3.05, 3.63) is 31.9 Å². The molecule has 2 rings (SSSR count). The van der Waals surface area contributed by atoms with E-state index in [1.165, 1.54) is 24.6 Å². The molecule has 2 aromatic rings. The summed E-state index contributed by atoms with van der Waals surface area (Å²) >= 11 is 7.08. The summed E-state index contributed by atoms with van der Waals surface area (Å²) in [7, 11) is 1.46. The molecule has 0 unspecified atom stereocenters. The first-order valence-electron chi connectivity index (χ1n) is 7.10. The van der Waals surface area contributed by atoms with E-state index in [4.69, 9.17) is 21.4 Å². The maximum Gasteiger partial charge on any atom is 0.315 e. The number of nitrogens with zero attached hydrogens (tertiary/aromatic N) is 4. The molecule has 8 nitrogen and oxygen atoms in total. The molecule has 0 aliphatic heterocycles. The van der Waals surface area contributed by atoms with Crippen LogP contribution in [0.1, 0.15) is 17.5 Å². The minimum Gasteiger partial charge on any atom is -0.481 e. The van der Waals surface area contributed by atoms with E-state index in [0.717, 1.165) is 0 Å². The SMILES string of the molecule is COc1nc(N(CCCO)c2cnc(Cl)s2)c([N+](=O)[O-])c(C)c1C. The fourth-order valence-electron chi connectivity index (χ4n) is 2.26. The Morgan fingerprint density at radius 1 is 1.46 bits per heavy atom. The van der Waals surface area contributed by atoms with Gasteiger partial charge in [-0.1, -0.05) is 22.9 Å². The van der Waals surface area contributed by atoms with Crippen molar-refractivity contribution in [1.82, 2.24) is 9.97 Å². The number of aliphatic hydroxyl groups is 1. The maximum absolute atomic E-state index is 11.6. The average Bonchev–Trinajstić information content (AvgIpc) is 2.96. The molecular weight excluding hydrogens is 356 g/mol. The minimum atomic E-state index is -0.460. The molecule has 0 atom stereocenters. The van der Waals surface area contributed by atoms with Crippen LogP contribution < -0.4 is 9.64 Å². The highest BCUT2D eigenvalue weighted by molar-refractivity contribution is 7.19. The third kappa shape index (κ3) is 3.58. The molecule has 130 valence electrons. The molecule has 0 spiro atoms. The van der Waals surface area contributed by atoms with E-state index in [0.29, 0.717) is 39.4 Å². The van der Waals surface area contributed by atoms with Crippen molar-refractivity contribution in [2.24, 2.45) is 0 Å². The molecule has 0 fully saturated rings. The van der Waals surface area contributed by atoms with E-state index in [2.05, 4.69) is 9.97 Å². The number of methoxy groups -OCH3 is 1. The molecule has 2 aromatic heterocycles. The second-order valence-electron chi connectivity index (χ2n) is 4.98. The topological polar surface area (TPSA) is 102 Å². The zero-order valence-corrected chi connectivity index (χ0v) is 15.0. The van der Waals surface area contributed by atoms with Gasteiger partial charge in [0.05, 0.1) is 18.2 Å². The van der Waals surface area contributed by atoms with Crippen molar-refractivity contribution in [2.75, 3.05) is 25.2 Å². The average molecular weight is 373 g/mol. The summed E-state index contributed by atoms with van der Waals surface area (Å²) in [6.45, 7) is 3.65. The van der Waals surface area contributed by atoms with E-state index in [1.807, 2.05) is 0 Å². The molecule has 0 aromatic carbocycles. The number of halogens is 1. The maximum atomic E-state index is 11.6. The number of rotatable bonds is 7. The van der Waals surface area contributed by atoms with Crippen molar-refractivity contribution in [1.29, 1.82) is 0 Å². The second kappa shape index (κ2) is 7.73. The van der Waals surface area contributed by atoms with Gasteiger partial charge >= 0.3 is 5.69 Å². The summed E-state index contributed by atoms with van der Waals surface area (Å²) in [6.07, 6.45) is 1.93. The monoisotopic (exact) mass is 372 g/mol. The van der Waals surface area contributed by atoms with Gasteiger partial charge in [0.1, 0.15) is 5.00 Å². The van der Waals surface area contributed by atoms with Gasteiger partial charge in [0.25, 0.3) is 0 Å². The first kappa shape index (κ1) is 18.4. The fraction of sp³-hybridized carbons (Fsp3) is 0.429. The van der Waals surface area contributed by atoms with Gasteiger partial charge < -0.3 is 14.7 Å². The van der Waals surface area contributed by atoms with Crippen LogP contribution in [0.5, 0.6) is 5.88 Å². The highest BCUT2D eigenvalue weighted by Gasteiger charge is 2.29. The third-order valence-corrected chi connectivity index (χ3v) is 4.70. The molecule has 0 saturated heterocycles. The lowest BCUT2D eigenvalue weighted by molar-refractivity contribution is -0.384. The predicted octanol–water partition coefficient (Wildman–Crippen LogP) is 3.25. The smallest absolute Gasteiger partial charge is 0.315 e. The summed E-state index contributed by atoms with van der Waals surface area (Å²) in [5.41, 5.74) is 0.986. The Balaban J connectivity index is 2.67. The standard InChI is InChI=1S/C14H17ClN4O4S/c1-8-9(2)13(23-3)17-12(11(8)19(21)22)18(5-4-6-20)10-7-16-14(15)24-10/h7,20H,4-6H2,1-3H3. The quantitative estimate of drug-likeness (QED) is 0.587. The number of hydrogen-bond acceptors (Lipinski definition) is 8. The number of nitro groups is 1. The Morgan fingerprint density at radius 3 is 2.67 bits per heavy atom. The van der Waals surface area contributed by atoms with Crippen molar-refractivity contribution in [2.45, 2.75) is 20.3 Å². The van der Waals surface area contributed by atoms with Crippen molar-refractivity contribution in [3.63, 3.8) is 0 Å². The van der Waals surface area contributed by atoms with Crippen molar-refractivity contribution >= 4 is 39.4 Å². The van der Waals surface area contributed by atoms with Gasteiger partial charge in [-0.2, -0.15) is 4.98 Å².